The molecule has 2 heterocycles. The number of nitrogens with one attached hydrogen (secondary N) is 1. The zero-order valence-corrected chi connectivity index (χ0v) is 8.35. The summed E-state index contributed by atoms with van der Waals surface area (Å²) in [6.45, 7) is 0. The van der Waals surface area contributed by atoms with Gasteiger partial charge in [0, 0.05) is 24.5 Å². The van der Waals surface area contributed by atoms with Crippen LogP contribution in [-0.4, -0.2) is 19.6 Å². The molecule has 70 valence electrons. The van der Waals surface area contributed by atoms with Gasteiger partial charge in [0.1, 0.15) is 0 Å². The number of thiol groups is 1. The fourth-order valence-electron chi connectivity index (χ4n) is 1.17. The van der Waals surface area contributed by atoms with Gasteiger partial charge in [-0.15, -0.1) is 0 Å². The molecule has 0 bridgehead atoms. The van der Waals surface area contributed by atoms with Crippen molar-refractivity contribution in [1.29, 1.82) is 0 Å². The predicted molar refractivity (Wildman–Crippen MR) is 52.8 cm³/mol. The summed E-state index contributed by atoms with van der Waals surface area (Å²) >= 11 is 1.46. The van der Waals surface area contributed by atoms with Crippen molar-refractivity contribution in [3.63, 3.8) is 0 Å². The molecule has 0 fully saturated rings. The number of hydrogen-bond acceptors (Lipinski definition) is 4. The molecule has 0 saturated heterocycles. The highest BCUT2D eigenvalue weighted by Gasteiger charge is 2.17. The van der Waals surface area contributed by atoms with Crippen molar-refractivity contribution in [2.45, 2.75) is 16.6 Å². The third kappa shape index (κ3) is 1.78. The van der Waals surface area contributed by atoms with E-state index in [1.807, 2.05) is 6.21 Å². The first-order valence-corrected chi connectivity index (χ1v) is 5.79. The van der Waals surface area contributed by atoms with Gasteiger partial charge in [-0.1, -0.05) is 0 Å². The van der Waals surface area contributed by atoms with Crippen molar-refractivity contribution in [1.82, 2.24) is 4.98 Å². The molecule has 6 heteroatoms. The lowest BCUT2D eigenvalue weighted by atomic mass is 10.2. The van der Waals surface area contributed by atoms with Crippen LogP contribution in [0.2, 0.25) is 0 Å². The molecule has 1 aliphatic rings. The summed E-state index contributed by atoms with van der Waals surface area (Å²) in [5, 5.41) is 0.253. The van der Waals surface area contributed by atoms with Crippen LogP contribution in [0.5, 0.6) is 0 Å². The molecule has 4 nitrogen and oxygen atoms in total. The van der Waals surface area contributed by atoms with Crippen LogP contribution in [0.15, 0.2) is 21.6 Å². The molecule has 13 heavy (non-hydrogen) atoms. The zero-order chi connectivity index (χ0) is 9.26. The van der Waals surface area contributed by atoms with Crippen LogP contribution in [0.4, 0.5) is 0 Å². The normalized spacial score (nSPS) is 21.5. The first kappa shape index (κ1) is 8.83. The summed E-state index contributed by atoms with van der Waals surface area (Å²) in [4.78, 5) is 3.29. The van der Waals surface area contributed by atoms with Crippen molar-refractivity contribution in [2.75, 3.05) is 0 Å². The second kappa shape index (κ2) is 3.55. The van der Waals surface area contributed by atoms with E-state index >= 15 is 0 Å². The number of aromatic amines is 1. The van der Waals surface area contributed by atoms with Gasteiger partial charge in [-0.25, -0.2) is 12.8 Å². The van der Waals surface area contributed by atoms with Gasteiger partial charge in [-0.05, 0) is 18.0 Å². The monoisotopic (exact) mass is 216 g/mol. The minimum atomic E-state index is -2.47. The maximum atomic E-state index is 10.6. The van der Waals surface area contributed by atoms with Crippen molar-refractivity contribution >= 4 is 28.9 Å². The van der Waals surface area contributed by atoms with Gasteiger partial charge in [0.25, 0.3) is 0 Å². The maximum Gasteiger partial charge on any atom is 0.169 e. The average Bonchev–Trinajstić information content (AvgIpc) is 2.75. The van der Waals surface area contributed by atoms with E-state index in [1.54, 1.807) is 6.07 Å². The van der Waals surface area contributed by atoms with Crippen LogP contribution in [0, 0.1) is 0 Å². The number of hydrogen-bond donors (Lipinski definition) is 2. The molecular formula is C7H8N2O2S2. The topological polar surface area (TPSA) is 62.3 Å². The fraction of sp³-hybridized carbons (Fsp3) is 0.286. The quantitative estimate of drug-likeness (QED) is 0.576. The highest BCUT2D eigenvalue weighted by Crippen LogP contribution is 2.35. The summed E-state index contributed by atoms with van der Waals surface area (Å²) < 4.78 is 25.2. The van der Waals surface area contributed by atoms with Gasteiger partial charge in [0.15, 0.2) is 10.7 Å². The Hall–Kier alpha value is -0.750. The minimum absolute atomic E-state index is 0.253. The van der Waals surface area contributed by atoms with E-state index in [9.17, 15) is 8.42 Å². The SMILES string of the molecule is O=[SH](=O)c1c[nH]c(C2CC=NS2)c1. The van der Waals surface area contributed by atoms with Crippen LogP contribution in [0.1, 0.15) is 17.4 Å². The van der Waals surface area contributed by atoms with Gasteiger partial charge in [0.05, 0.1) is 10.1 Å². The van der Waals surface area contributed by atoms with Gasteiger partial charge in [0.2, 0.25) is 0 Å². The van der Waals surface area contributed by atoms with Gasteiger partial charge in [-0.2, -0.15) is 0 Å². The average molecular weight is 216 g/mol. The Morgan fingerprint density at radius 3 is 3.00 bits per heavy atom. The maximum absolute atomic E-state index is 10.6. The van der Waals surface area contributed by atoms with Gasteiger partial charge >= 0.3 is 0 Å². The van der Waals surface area contributed by atoms with Crippen LogP contribution in [-0.2, 0) is 10.7 Å². The van der Waals surface area contributed by atoms with Crippen LogP contribution in [0.3, 0.4) is 0 Å². The molecule has 1 aromatic rings. The predicted octanol–water partition coefficient (Wildman–Crippen LogP) is 1.15. The summed E-state index contributed by atoms with van der Waals surface area (Å²) in [5.41, 5.74) is 0.928. The Bertz CT molecular complexity index is 392. The molecule has 1 aliphatic heterocycles. The molecule has 1 N–H and O–H groups in total. The Morgan fingerprint density at radius 2 is 2.46 bits per heavy atom. The number of rotatable bonds is 2. The lowest BCUT2D eigenvalue weighted by molar-refractivity contribution is 0.614. The summed E-state index contributed by atoms with van der Waals surface area (Å²) in [5.74, 6) is 0. The molecule has 0 spiro atoms. The van der Waals surface area contributed by atoms with Crippen molar-refractivity contribution < 1.29 is 8.42 Å². The van der Waals surface area contributed by atoms with E-state index in [2.05, 4.69) is 9.38 Å². The zero-order valence-electron chi connectivity index (χ0n) is 6.64. The molecule has 0 aliphatic carbocycles. The van der Waals surface area contributed by atoms with Crippen molar-refractivity contribution in [3.05, 3.63) is 18.0 Å². The van der Waals surface area contributed by atoms with E-state index in [1.165, 1.54) is 18.1 Å². The van der Waals surface area contributed by atoms with Crippen LogP contribution in [0.25, 0.3) is 0 Å². The molecule has 1 unspecified atom stereocenters. The summed E-state index contributed by atoms with van der Waals surface area (Å²) in [6.07, 6.45) is 4.22. The third-order valence-electron chi connectivity index (χ3n) is 1.83. The lowest BCUT2D eigenvalue weighted by Crippen LogP contribution is -1.88. The summed E-state index contributed by atoms with van der Waals surface area (Å²) in [7, 11) is -2.47. The first-order valence-electron chi connectivity index (χ1n) is 3.78. The molecule has 0 amide bonds. The Labute approximate surface area is 81.5 Å². The molecular weight excluding hydrogens is 208 g/mol. The highest BCUT2D eigenvalue weighted by molar-refractivity contribution is 7.98. The second-order valence-corrected chi connectivity index (χ2v) is 4.71. The molecule has 0 saturated carbocycles. The molecule has 0 aromatic carbocycles. The van der Waals surface area contributed by atoms with E-state index in [0.717, 1.165) is 12.1 Å². The van der Waals surface area contributed by atoms with Crippen LogP contribution >= 0.6 is 11.9 Å². The first-order chi connectivity index (χ1) is 6.27. The van der Waals surface area contributed by atoms with Gasteiger partial charge in [-0.3, -0.25) is 0 Å². The fourth-order valence-corrected chi connectivity index (χ4v) is 2.33. The molecule has 0 radical (unpaired) electrons. The number of aromatic nitrogens is 1. The third-order valence-corrected chi connectivity index (χ3v) is 3.48. The van der Waals surface area contributed by atoms with Crippen LogP contribution < -0.4 is 0 Å². The van der Waals surface area contributed by atoms with Crippen molar-refractivity contribution in [3.8, 4) is 0 Å². The standard InChI is InChI=1S/C7H8N2O2S2/c10-13(11)5-3-6(8-4-5)7-1-2-9-12-7/h2-4,7-8,13H,1H2. The number of H-pyrrole nitrogens is 1. The van der Waals surface area contributed by atoms with E-state index in [-0.39, 0.29) is 5.25 Å². The minimum Gasteiger partial charge on any atom is -0.363 e. The number of nitrogens with zero attached hydrogens (tertiary/aromatic N) is 1. The molecule has 1 aromatic heterocycles. The molecule has 1 atom stereocenters. The second-order valence-electron chi connectivity index (χ2n) is 2.69. The Kier molecular flexibility index (Phi) is 2.41. The molecule has 2 rings (SSSR count). The summed E-state index contributed by atoms with van der Waals surface area (Å²) in [6, 6.07) is 1.66. The smallest absolute Gasteiger partial charge is 0.169 e. The highest BCUT2D eigenvalue weighted by atomic mass is 32.2. The van der Waals surface area contributed by atoms with E-state index < -0.39 is 10.7 Å². The largest absolute Gasteiger partial charge is 0.363 e. The van der Waals surface area contributed by atoms with E-state index in [0.29, 0.717) is 4.90 Å². The lowest BCUT2D eigenvalue weighted by Gasteiger charge is -2.01. The van der Waals surface area contributed by atoms with Gasteiger partial charge < -0.3 is 4.98 Å². The van der Waals surface area contributed by atoms with Crippen molar-refractivity contribution in [2.24, 2.45) is 4.40 Å². The van der Waals surface area contributed by atoms with E-state index in [4.69, 9.17) is 0 Å². The Morgan fingerprint density at radius 1 is 1.62 bits per heavy atom. The Balaban J connectivity index is 2.22.